The normalized spacial score (nSPS) is 12.7. The second-order valence-electron chi connectivity index (χ2n) is 9.56. The number of para-hydroxylation sites is 1. The Kier molecular flexibility index (Phi) is 10.7. The highest BCUT2D eigenvalue weighted by molar-refractivity contribution is 7.98. The van der Waals surface area contributed by atoms with Crippen molar-refractivity contribution in [1.82, 2.24) is 10.2 Å². The Morgan fingerprint density at radius 1 is 1.11 bits per heavy atom. The van der Waals surface area contributed by atoms with E-state index in [4.69, 9.17) is 9.47 Å². The fourth-order valence-corrected chi connectivity index (χ4v) is 4.10. The van der Waals surface area contributed by atoms with Gasteiger partial charge in [0.15, 0.2) is 0 Å². The predicted molar refractivity (Wildman–Crippen MR) is 146 cm³/mol. The van der Waals surface area contributed by atoms with E-state index in [2.05, 4.69) is 10.6 Å². The molecule has 0 aliphatic heterocycles. The first-order valence-corrected chi connectivity index (χ1v) is 13.3. The molecule has 0 aliphatic carbocycles. The van der Waals surface area contributed by atoms with Crippen LogP contribution in [0.15, 0.2) is 42.5 Å². The molecule has 0 aromatic heterocycles. The van der Waals surface area contributed by atoms with Gasteiger partial charge in [-0.2, -0.15) is 11.8 Å². The van der Waals surface area contributed by atoms with Crippen LogP contribution < -0.4 is 15.4 Å². The summed E-state index contributed by atoms with van der Waals surface area (Å²) in [6.45, 7) is 6.91. The maximum absolute atomic E-state index is 13.7. The molecule has 10 heteroatoms. The molecule has 0 radical (unpaired) electrons. The first-order valence-electron chi connectivity index (χ1n) is 11.9. The van der Waals surface area contributed by atoms with Gasteiger partial charge in [-0.1, -0.05) is 18.2 Å². The molecule has 202 valence electrons. The standard InChI is InChI=1S/C27H37N3O6S/c1-17-9-8-10-20(23(17)31)22(24(32)28-18-11-13-19(35-6)14-12-18)30(5)25(33)21(15-16-37-7)29-26(34)36-27(2,3)4/h8-14,21-22,31H,15-16H2,1-7H3,(H,28,32)(H,29,34). The van der Waals surface area contributed by atoms with Gasteiger partial charge in [-0.05, 0) is 76.0 Å². The molecule has 0 saturated heterocycles. The number of carbonyl (C=O) groups excluding carboxylic acids is 3. The van der Waals surface area contributed by atoms with E-state index in [9.17, 15) is 19.5 Å². The van der Waals surface area contributed by atoms with E-state index in [0.29, 0.717) is 29.2 Å². The van der Waals surface area contributed by atoms with E-state index >= 15 is 0 Å². The highest BCUT2D eigenvalue weighted by atomic mass is 32.2. The number of carbonyl (C=O) groups is 3. The number of phenols is 1. The number of hydrogen-bond acceptors (Lipinski definition) is 7. The van der Waals surface area contributed by atoms with E-state index in [0.717, 1.165) is 0 Å². The van der Waals surface area contributed by atoms with Crippen molar-refractivity contribution in [2.75, 3.05) is 31.5 Å². The molecule has 0 spiro atoms. The molecule has 2 unspecified atom stereocenters. The van der Waals surface area contributed by atoms with Crippen LogP contribution in [0.2, 0.25) is 0 Å². The van der Waals surface area contributed by atoms with Gasteiger partial charge in [0, 0.05) is 18.3 Å². The number of ether oxygens (including phenoxy) is 2. The van der Waals surface area contributed by atoms with Gasteiger partial charge in [-0.15, -0.1) is 0 Å². The smallest absolute Gasteiger partial charge is 0.408 e. The summed E-state index contributed by atoms with van der Waals surface area (Å²) in [5, 5.41) is 16.3. The molecule has 2 atom stereocenters. The van der Waals surface area contributed by atoms with Crippen LogP contribution in [0.25, 0.3) is 0 Å². The maximum Gasteiger partial charge on any atom is 0.408 e. The van der Waals surface area contributed by atoms with Gasteiger partial charge < -0.3 is 30.1 Å². The Bertz CT molecular complexity index is 1080. The van der Waals surface area contributed by atoms with Crippen LogP contribution in [0.1, 0.15) is 44.4 Å². The molecule has 3 N–H and O–H groups in total. The number of thioether (sulfide) groups is 1. The average molecular weight is 532 g/mol. The van der Waals surface area contributed by atoms with Crippen LogP contribution in [0, 0.1) is 6.92 Å². The number of benzene rings is 2. The number of alkyl carbamates (subject to hydrolysis) is 1. The molecular formula is C27H37N3O6S. The van der Waals surface area contributed by atoms with Crippen LogP contribution in [0.4, 0.5) is 10.5 Å². The summed E-state index contributed by atoms with van der Waals surface area (Å²) in [7, 11) is 3.02. The van der Waals surface area contributed by atoms with Gasteiger partial charge in [0.1, 0.15) is 29.2 Å². The Morgan fingerprint density at radius 2 is 1.76 bits per heavy atom. The fourth-order valence-electron chi connectivity index (χ4n) is 3.63. The SMILES string of the molecule is COc1ccc(NC(=O)C(c2cccc(C)c2O)N(C)C(=O)C(CCSC)NC(=O)OC(C)(C)C)cc1. The second-order valence-corrected chi connectivity index (χ2v) is 10.5. The number of nitrogens with zero attached hydrogens (tertiary/aromatic N) is 1. The molecular weight excluding hydrogens is 494 g/mol. The predicted octanol–water partition coefficient (Wildman–Crippen LogP) is 4.49. The van der Waals surface area contributed by atoms with Crippen molar-refractivity contribution < 1.29 is 29.0 Å². The molecule has 37 heavy (non-hydrogen) atoms. The Labute approximate surface area is 222 Å². The quantitative estimate of drug-likeness (QED) is 0.413. The molecule has 2 aromatic carbocycles. The minimum atomic E-state index is -1.17. The molecule has 0 saturated carbocycles. The number of rotatable bonds is 10. The third-order valence-corrected chi connectivity index (χ3v) is 6.15. The van der Waals surface area contributed by atoms with Crippen molar-refractivity contribution in [2.24, 2.45) is 0 Å². The van der Waals surface area contributed by atoms with E-state index < -0.39 is 35.6 Å². The lowest BCUT2D eigenvalue weighted by atomic mass is 9.99. The summed E-state index contributed by atoms with van der Waals surface area (Å²) in [6, 6.07) is 9.67. The molecule has 0 heterocycles. The van der Waals surface area contributed by atoms with Crippen molar-refractivity contribution in [3.63, 3.8) is 0 Å². The maximum atomic E-state index is 13.7. The molecule has 2 aromatic rings. The fraction of sp³-hybridized carbons (Fsp3) is 0.444. The lowest BCUT2D eigenvalue weighted by Gasteiger charge is -2.32. The summed E-state index contributed by atoms with van der Waals surface area (Å²) in [4.78, 5) is 41.0. The lowest BCUT2D eigenvalue weighted by molar-refractivity contribution is -0.139. The van der Waals surface area contributed by atoms with Crippen LogP contribution >= 0.6 is 11.8 Å². The minimum absolute atomic E-state index is 0.0854. The molecule has 3 amide bonds. The molecule has 9 nitrogen and oxygen atoms in total. The van der Waals surface area contributed by atoms with Gasteiger partial charge in [0.05, 0.1) is 7.11 Å². The number of aromatic hydroxyl groups is 1. The van der Waals surface area contributed by atoms with Crippen molar-refractivity contribution in [1.29, 1.82) is 0 Å². The van der Waals surface area contributed by atoms with Crippen LogP contribution in [-0.2, 0) is 14.3 Å². The van der Waals surface area contributed by atoms with E-state index in [1.54, 1.807) is 77.3 Å². The van der Waals surface area contributed by atoms with E-state index in [-0.39, 0.29) is 11.3 Å². The topological polar surface area (TPSA) is 117 Å². The summed E-state index contributed by atoms with van der Waals surface area (Å²) >= 11 is 1.53. The lowest BCUT2D eigenvalue weighted by Crippen LogP contribution is -2.51. The number of nitrogens with one attached hydrogen (secondary N) is 2. The highest BCUT2D eigenvalue weighted by Crippen LogP contribution is 2.32. The third-order valence-electron chi connectivity index (χ3n) is 5.50. The second kappa shape index (κ2) is 13.2. The van der Waals surface area contributed by atoms with Gasteiger partial charge in [0.25, 0.3) is 5.91 Å². The zero-order chi connectivity index (χ0) is 27.8. The number of anilines is 1. The van der Waals surface area contributed by atoms with Crippen molar-refractivity contribution in [2.45, 2.75) is 51.8 Å². The van der Waals surface area contributed by atoms with E-state index in [1.807, 2.05) is 6.26 Å². The van der Waals surface area contributed by atoms with Crippen LogP contribution in [0.5, 0.6) is 11.5 Å². The third kappa shape index (κ3) is 8.59. The molecule has 2 rings (SSSR count). The number of methoxy groups -OCH3 is 1. The first kappa shape index (κ1) is 29.8. The number of amides is 3. The highest BCUT2D eigenvalue weighted by Gasteiger charge is 2.35. The molecule has 0 bridgehead atoms. The van der Waals surface area contributed by atoms with Crippen molar-refractivity contribution in [3.05, 3.63) is 53.6 Å². The summed E-state index contributed by atoms with van der Waals surface area (Å²) in [5.41, 5.74) is 0.584. The summed E-state index contributed by atoms with van der Waals surface area (Å²) in [5.74, 6) is 0.123. The monoisotopic (exact) mass is 531 g/mol. The summed E-state index contributed by atoms with van der Waals surface area (Å²) < 4.78 is 10.5. The number of likely N-dealkylation sites (N-methyl/N-ethyl adjacent to an activating group) is 1. The van der Waals surface area contributed by atoms with Crippen LogP contribution in [0.3, 0.4) is 0 Å². The van der Waals surface area contributed by atoms with E-state index in [1.165, 1.54) is 23.7 Å². The zero-order valence-electron chi connectivity index (χ0n) is 22.5. The largest absolute Gasteiger partial charge is 0.507 e. The van der Waals surface area contributed by atoms with Gasteiger partial charge in [-0.25, -0.2) is 4.79 Å². The summed E-state index contributed by atoms with van der Waals surface area (Å²) in [6.07, 6.45) is 1.50. The Balaban J connectivity index is 2.41. The van der Waals surface area contributed by atoms with Crippen molar-refractivity contribution in [3.8, 4) is 11.5 Å². The number of hydrogen-bond donors (Lipinski definition) is 3. The number of phenolic OH excluding ortho intramolecular Hbond substituents is 1. The average Bonchev–Trinajstić information content (AvgIpc) is 2.83. The van der Waals surface area contributed by atoms with Crippen LogP contribution in [-0.4, -0.2) is 65.7 Å². The molecule has 0 fully saturated rings. The van der Waals surface area contributed by atoms with Gasteiger partial charge >= 0.3 is 6.09 Å². The van der Waals surface area contributed by atoms with Gasteiger partial charge in [0.2, 0.25) is 5.91 Å². The molecule has 0 aliphatic rings. The first-order chi connectivity index (χ1) is 17.4. The van der Waals surface area contributed by atoms with Crippen molar-refractivity contribution >= 4 is 35.4 Å². The van der Waals surface area contributed by atoms with Gasteiger partial charge in [-0.3, -0.25) is 9.59 Å². The zero-order valence-corrected chi connectivity index (χ0v) is 23.3. The minimum Gasteiger partial charge on any atom is -0.507 e. The Morgan fingerprint density at radius 3 is 2.32 bits per heavy atom. The Hall–Kier alpha value is -3.40. The number of aryl methyl sites for hydroxylation is 1.